The fourth-order valence-electron chi connectivity index (χ4n) is 3.96. The molecule has 0 spiro atoms. The molecule has 0 radical (unpaired) electrons. The zero-order valence-electron chi connectivity index (χ0n) is 14.1. The highest BCUT2D eigenvalue weighted by Crippen LogP contribution is 2.49. The third kappa shape index (κ3) is 3.54. The molecule has 0 bridgehead atoms. The van der Waals surface area contributed by atoms with Crippen LogP contribution in [0.5, 0.6) is 0 Å². The van der Waals surface area contributed by atoms with Gasteiger partial charge in [0.25, 0.3) is 0 Å². The van der Waals surface area contributed by atoms with Gasteiger partial charge in [0.05, 0.1) is 7.11 Å². The van der Waals surface area contributed by atoms with Crippen LogP contribution in [0, 0.1) is 17.8 Å². The number of ether oxygens (including phenoxy) is 1. The number of esters is 1. The number of carbonyl (C=O) groups is 4. The monoisotopic (exact) mass is 353 g/mol. The molecule has 5 atom stereocenters. The molecule has 3 N–H and O–H groups in total. The second-order valence-electron chi connectivity index (χ2n) is 6.99. The first-order valence-corrected chi connectivity index (χ1v) is 8.57. The Morgan fingerprint density at radius 1 is 1.44 bits per heavy atom. The SMILES string of the molecule is COC(=O)C(C[C@@H]1CCCNC1=O)NC(=O)[C@@H]1[C@H]2C[C@H]2CN1C(=O)O. The first kappa shape index (κ1) is 17.5. The molecule has 138 valence electrons. The van der Waals surface area contributed by atoms with E-state index in [9.17, 15) is 24.3 Å². The summed E-state index contributed by atoms with van der Waals surface area (Å²) in [6.07, 6.45) is 1.31. The van der Waals surface area contributed by atoms with Crippen molar-refractivity contribution >= 4 is 23.9 Å². The number of nitrogens with zero attached hydrogens (tertiary/aromatic N) is 1. The molecule has 9 heteroatoms. The molecule has 1 unspecified atom stereocenters. The fraction of sp³-hybridized carbons (Fsp3) is 0.750. The summed E-state index contributed by atoms with van der Waals surface area (Å²) in [4.78, 5) is 49.1. The number of methoxy groups -OCH3 is 1. The van der Waals surface area contributed by atoms with Gasteiger partial charge >= 0.3 is 12.1 Å². The van der Waals surface area contributed by atoms with Crippen molar-refractivity contribution in [2.75, 3.05) is 20.2 Å². The van der Waals surface area contributed by atoms with E-state index in [0.29, 0.717) is 19.5 Å². The van der Waals surface area contributed by atoms with Gasteiger partial charge in [0.2, 0.25) is 11.8 Å². The van der Waals surface area contributed by atoms with E-state index in [-0.39, 0.29) is 30.1 Å². The molecule has 3 amide bonds. The van der Waals surface area contributed by atoms with E-state index >= 15 is 0 Å². The van der Waals surface area contributed by atoms with Crippen molar-refractivity contribution < 1.29 is 29.0 Å². The van der Waals surface area contributed by atoms with Crippen LogP contribution in [0.15, 0.2) is 0 Å². The highest BCUT2D eigenvalue weighted by Gasteiger charge is 2.57. The van der Waals surface area contributed by atoms with Crippen molar-refractivity contribution in [2.45, 2.75) is 37.8 Å². The normalized spacial score (nSPS) is 31.6. The van der Waals surface area contributed by atoms with Crippen LogP contribution in [-0.2, 0) is 19.1 Å². The zero-order valence-corrected chi connectivity index (χ0v) is 14.1. The summed E-state index contributed by atoms with van der Waals surface area (Å²) in [5.41, 5.74) is 0. The van der Waals surface area contributed by atoms with Crippen molar-refractivity contribution in [1.29, 1.82) is 0 Å². The summed E-state index contributed by atoms with van der Waals surface area (Å²) in [5.74, 6) is -1.37. The Balaban J connectivity index is 1.67. The zero-order chi connectivity index (χ0) is 18.1. The number of nitrogens with one attached hydrogen (secondary N) is 2. The molecule has 3 aliphatic rings. The minimum Gasteiger partial charge on any atom is -0.467 e. The molecule has 1 saturated carbocycles. The van der Waals surface area contributed by atoms with Gasteiger partial charge in [-0.25, -0.2) is 9.59 Å². The summed E-state index contributed by atoms with van der Waals surface area (Å²) in [5, 5.41) is 14.6. The third-order valence-electron chi connectivity index (χ3n) is 5.39. The van der Waals surface area contributed by atoms with Crippen LogP contribution in [0.25, 0.3) is 0 Å². The maximum Gasteiger partial charge on any atom is 0.407 e. The molecule has 2 aliphatic heterocycles. The minimum atomic E-state index is -1.13. The summed E-state index contributed by atoms with van der Waals surface area (Å²) < 4.78 is 4.75. The van der Waals surface area contributed by atoms with E-state index in [2.05, 4.69) is 10.6 Å². The maximum absolute atomic E-state index is 12.6. The summed E-state index contributed by atoms with van der Waals surface area (Å²) >= 11 is 0. The van der Waals surface area contributed by atoms with Gasteiger partial charge in [0.1, 0.15) is 12.1 Å². The van der Waals surface area contributed by atoms with Crippen molar-refractivity contribution in [3.8, 4) is 0 Å². The Morgan fingerprint density at radius 2 is 2.20 bits per heavy atom. The number of carboxylic acid groups (broad SMARTS) is 1. The Morgan fingerprint density at radius 3 is 2.84 bits per heavy atom. The van der Waals surface area contributed by atoms with Crippen molar-refractivity contribution in [3.05, 3.63) is 0 Å². The lowest BCUT2D eigenvalue weighted by Crippen LogP contribution is -2.53. The van der Waals surface area contributed by atoms with Gasteiger partial charge in [-0.1, -0.05) is 0 Å². The van der Waals surface area contributed by atoms with Gasteiger partial charge in [-0.15, -0.1) is 0 Å². The van der Waals surface area contributed by atoms with Crippen LogP contribution in [0.3, 0.4) is 0 Å². The number of piperidine rings is 2. The first-order valence-electron chi connectivity index (χ1n) is 8.57. The van der Waals surface area contributed by atoms with Crippen molar-refractivity contribution in [3.63, 3.8) is 0 Å². The molecule has 2 heterocycles. The highest BCUT2D eigenvalue weighted by atomic mass is 16.5. The number of hydrogen-bond acceptors (Lipinski definition) is 5. The summed E-state index contributed by atoms with van der Waals surface area (Å²) in [6, 6.07) is -1.73. The lowest BCUT2D eigenvalue weighted by molar-refractivity contribution is -0.146. The summed E-state index contributed by atoms with van der Waals surface area (Å²) in [7, 11) is 1.22. The molecule has 0 aromatic heterocycles. The molecule has 0 aromatic rings. The van der Waals surface area contributed by atoms with Gasteiger partial charge in [-0.2, -0.15) is 0 Å². The van der Waals surface area contributed by atoms with Crippen LogP contribution < -0.4 is 10.6 Å². The van der Waals surface area contributed by atoms with Gasteiger partial charge in [0, 0.05) is 19.0 Å². The Kier molecular flexibility index (Phi) is 4.82. The molecule has 2 saturated heterocycles. The van der Waals surface area contributed by atoms with Crippen LogP contribution in [0.1, 0.15) is 25.7 Å². The minimum absolute atomic E-state index is 0.0207. The lowest BCUT2D eigenvalue weighted by atomic mass is 9.91. The number of rotatable bonds is 5. The number of fused-ring (bicyclic) bond motifs is 1. The predicted molar refractivity (Wildman–Crippen MR) is 84.4 cm³/mol. The average Bonchev–Trinajstić information content (AvgIpc) is 3.24. The second-order valence-corrected chi connectivity index (χ2v) is 6.99. The standard InChI is InChI=1S/C16H23N3O6/c1-25-15(22)11(6-8-3-2-4-17-13(8)20)18-14(21)12-10-5-9(10)7-19(12)16(23)24/h8-12H,2-7H2,1H3,(H,17,20)(H,18,21)(H,23,24)/t8-,9-,10-,11?,12-/m0/s1. The molecule has 25 heavy (non-hydrogen) atoms. The largest absolute Gasteiger partial charge is 0.467 e. The smallest absolute Gasteiger partial charge is 0.407 e. The summed E-state index contributed by atoms with van der Waals surface area (Å²) in [6.45, 7) is 0.968. The second kappa shape index (κ2) is 6.89. The molecular formula is C16H23N3O6. The van der Waals surface area contributed by atoms with E-state index in [4.69, 9.17) is 4.74 Å². The van der Waals surface area contributed by atoms with E-state index < -0.39 is 30.1 Å². The number of likely N-dealkylation sites (tertiary alicyclic amines) is 1. The Bertz CT molecular complexity index is 594. The molecule has 9 nitrogen and oxygen atoms in total. The van der Waals surface area contributed by atoms with Crippen LogP contribution in [0.4, 0.5) is 4.79 Å². The molecule has 3 fully saturated rings. The van der Waals surface area contributed by atoms with E-state index in [1.807, 2.05) is 0 Å². The van der Waals surface area contributed by atoms with E-state index in [1.54, 1.807) is 0 Å². The lowest BCUT2D eigenvalue weighted by Gasteiger charge is -2.28. The molecule has 1 aliphatic carbocycles. The quantitative estimate of drug-likeness (QED) is 0.576. The van der Waals surface area contributed by atoms with Gasteiger partial charge < -0.3 is 20.5 Å². The highest BCUT2D eigenvalue weighted by molar-refractivity contribution is 5.91. The van der Waals surface area contributed by atoms with Gasteiger partial charge in [-0.3, -0.25) is 14.5 Å². The van der Waals surface area contributed by atoms with Crippen LogP contribution >= 0.6 is 0 Å². The van der Waals surface area contributed by atoms with E-state index in [1.165, 1.54) is 7.11 Å². The third-order valence-corrected chi connectivity index (χ3v) is 5.39. The maximum atomic E-state index is 12.6. The number of amides is 3. The number of hydrogen-bond donors (Lipinski definition) is 3. The first-order chi connectivity index (χ1) is 11.9. The van der Waals surface area contributed by atoms with Crippen molar-refractivity contribution in [1.82, 2.24) is 15.5 Å². The fourth-order valence-corrected chi connectivity index (χ4v) is 3.96. The average molecular weight is 353 g/mol. The van der Waals surface area contributed by atoms with Crippen LogP contribution in [0.2, 0.25) is 0 Å². The molecular weight excluding hydrogens is 330 g/mol. The van der Waals surface area contributed by atoms with Gasteiger partial charge in [-0.05, 0) is 37.5 Å². The topological polar surface area (TPSA) is 125 Å². The van der Waals surface area contributed by atoms with Crippen LogP contribution in [-0.4, -0.2) is 66.2 Å². The van der Waals surface area contributed by atoms with Crippen molar-refractivity contribution in [2.24, 2.45) is 17.8 Å². The molecule has 0 aromatic carbocycles. The Hall–Kier alpha value is -2.32. The number of carbonyl (C=O) groups excluding carboxylic acids is 3. The van der Waals surface area contributed by atoms with Gasteiger partial charge in [0.15, 0.2) is 0 Å². The van der Waals surface area contributed by atoms with E-state index in [0.717, 1.165) is 17.7 Å². The molecule has 3 rings (SSSR count). The Labute approximate surface area is 145 Å². The predicted octanol–water partition coefficient (Wildman–Crippen LogP) is -0.441.